The van der Waals surface area contributed by atoms with Crippen LogP contribution in [0.4, 0.5) is 0 Å². The quantitative estimate of drug-likeness (QED) is 0.778. The number of carboxylic acid groups (broad SMARTS) is 1. The molecule has 0 atom stereocenters. The fourth-order valence-electron chi connectivity index (χ4n) is 1.35. The van der Waals surface area contributed by atoms with Crippen molar-refractivity contribution in [3.05, 3.63) is 29.8 Å². The van der Waals surface area contributed by atoms with Gasteiger partial charge in [0.1, 0.15) is 0 Å². The first-order valence-corrected chi connectivity index (χ1v) is 5.35. The first-order valence-electron chi connectivity index (χ1n) is 5.35. The summed E-state index contributed by atoms with van der Waals surface area (Å²) in [4.78, 5) is 10.5. The molecule has 0 fully saturated rings. The van der Waals surface area contributed by atoms with Crippen molar-refractivity contribution in [2.75, 3.05) is 13.2 Å². The van der Waals surface area contributed by atoms with Crippen LogP contribution in [-0.2, 0) is 4.79 Å². The molecule has 0 saturated heterocycles. The zero-order chi connectivity index (χ0) is 13.4. The lowest BCUT2D eigenvalue weighted by Crippen LogP contribution is -2.11. The minimum Gasteiger partial charge on any atom is -0.490 e. The van der Waals surface area contributed by atoms with Gasteiger partial charge in [-0.15, -0.1) is 0 Å². The zero-order valence-electron chi connectivity index (χ0n) is 9.92. The minimum atomic E-state index is -1.07. The van der Waals surface area contributed by atoms with E-state index in [4.69, 9.17) is 19.8 Å². The SMILES string of the molecule is CCOc1cccc(C=CC#N)c1OCC(=O)O. The lowest BCUT2D eigenvalue weighted by atomic mass is 10.1. The van der Waals surface area contributed by atoms with Crippen molar-refractivity contribution in [3.8, 4) is 17.6 Å². The molecule has 0 aliphatic carbocycles. The molecule has 18 heavy (non-hydrogen) atoms. The van der Waals surface area contributed by atoms with Gasteiger partial charge in [-0.05, 0) is 19.1 Å². The summed E-state index contributed by atoms with van der Waals surface area (Å²) in [6.07, 6.45) is 2.83. The minimum absolute atomic E-state index is 0.327. The number of carboxylic acids is 1. The molecule has 1 N–H and O–H groups in total. The Balaban J connectivity index is 3.08. The Bertz CT molecular complexity index is 488. The van der Waals surface area contributed by atoms with Crippen LogP contribution in [0.3, 0.4) is 0 Å². The number of hydrogen-bond acceptors (Lipinski definition) is 4. The molecule has 1 rings (SSSR count). The lowest BCUT2D eigenvalue weighted by Gasteiger charge is -2.12. The maximum absolute atomic E-state index is 10.5. The summed E-state index contributed by atoms with van der Waals surface area (Å²) in [5.41, 5.74) is 0.601. The molecular formula is C13H13NO4. The first kappa shape index (κ1) is 13.6. The monoisotopic (exact) mass is 247 g/mol. The van der Waals surface area contributed by atoms with Gasteiger partial charge >= 0.3 is 5.97 Å². The van der Waals surface area contributed by atoms with Crippen LogP contribution in [0, 0.1) is 11.3 Å². The number of benzene rings is 1. The molecule has 0 aromatic heterocycles. The third kappa shape index (κ3) is 3.83. The molecule has 0 aliphatic heterocycles. The summed E-state index contributed by atoms with van der Waals surface area (Å²) < 4.78 is 10.5. The van der Waals surface area contributed by atoms with Crippen molar-refractivity contribution in [2.24, 2.45) is 0 Å². The van der Waals surface area contributed by atoms with Crippen molar-refractivity contribution in [1.29, 1.82) is 5.26 Å². The van der Waals surface area contributed by atoms with E-state index in [1.54, 1.807) is 24.3 Å². The Hall–Kier alpha value is -2.48. The fraction of sp³-hybridized carbons (Fsp3) is 0.231. The van der Waals surface area contributed by atoms with Crippen LogP contribution >= 0.6 is 0 Å². The van der Waals surface area contributed by atoms with Crippen LogP contribution in [0.1, 0.15) is 12.5 Å². The van der Waals surface area contributed by atoms with E-state index in [2.05, 4.69) is 0 Å². The molecule has 1 aromatic carbocycles. The lowest BCUT2D eigenvalue weighted by molar-refractivity contribution is -0.139. The molecule has 94 valence electrons. The highest BCUT2D eigenvalue weighted by Crippen LogP contribution is 2.32. The van der Waals surface area contributed by atoms with E-state index in [1.807, 2.05) is 13.0 Å². The summed E-state index contributed by atoms with van der Waals surface area (Å²) in [6, 6.07) is 7.01. The molecule has 0 bridgehead atoms. The molecule has 1 aromatic rings. The number of ether oxygens (including phenoxy) is 2. The molecule has 0 unspecified atom stereocenters. The summed E-state index contributed by atoms with van der Waals surface area (Å²) in [7, 11) is 0. The van der Waals surface area contributed by atoms with E-state index >= 15 is 0 Å². The summed E-state index contributed by atoms with van der Waals surface area (Å²) in [5, 5.41) is 17.1. The molecule has 5 heteroatoms. The number of nitriles is 1. The Labute approximate surface area is 105 Å². The van der Waals surface area contributed by atoms with Crippen molar-refractivity contribution in [3.63, 3.8) is 0 Å². The Morgan fingerprint density at radius 3 is 2.89 bits per heavy atom. The predicted molar refractivity (Wildman–Crippen MR) is 65.4 cm³/mol. The van der Waals surface area contributed by atoms with Gasteiger partial charge < -0.3 is 14.6 Å². The van der Waals surface area contributed by atoms with Crippen molar-refractivity contribution < 1.29 is 19.4 Å². The van der Waals surface area contributed by atoms with Crippen LogP contribution in [-0.4, -0.2) is 24.3 Å². The van der Waals surface area contributed by atoms with Crippen molar-refractivity contribution in [1.82, 2.24) is 0 Å². The van der Waals surface area contributed by atoms with E-state index in [1.165, 1.54) is 6.08 Å². The number of nitrogens with zero attached hydrogens (tertiary/aromatic N) is 1. The fourth-order valence-corrected chi connectivity index (χ4v) is 1.35. The average molecular weight is 247 g/mol. The van der Waals surface area contributed by atoms with Gasteiger partial charge in [-0.1, -0.05) is 12.1 Å². The van der Waals surface area contributed by atoms with E-state index in [9.17, 15) is 4.79 Å². The third-order valence-electron chi connectivity index (χ3n) is 1.99. The van der Waals surface area contributed by atoms with E-state index < -0.39 is 12.6 Å². The van der Waals surface area contributed by atoms with Crippen LogP contribution in [0.2, 0.25) is 0 Å². The van der Waals surface area contributed by atoms with E-state index in [0.717, 1.165) is 0 Å². The maximum Gasteiger partial charge on any atom is 0.341 e. The number of para-hydroxylation sites is 1. The normalized spacial score (nSPS) is 10.0. The maximum atomic E-state index is 10.5. The number of aliphatic carboxylic acids is 1. The third-order valence-corrected chi connectivity index (χ3v) is 1.99. The Morgan fingerprint density at radius 2 is 2.28 bits per heavy atom. The van der Waals surface area contributed by atoms with Crippen LogP contribution < -0.4 is 9.47 Å². The van der Waals surface area contributed by atoms with Crippen molar-refractivity contribution in [2.45, 2.75) is 6.92 Å². The van der Waals surface area contributed by atoms with Gasteiger partial charge in [-0.3, -0.25) is 0 Å². The van der Waals surface area contributed by atoms with Gasteiger partial charge in [0, 0.05) is 11.6 Å². The first-order chi connectivity index (χ1) is 8.69. The highest BCUT2D eigenvalue weighted by molar-refractivity contribution is 5.70. The highest BCUT2D eigenvalue weighted by Gasteiger charge is 2.10. The van der Waals surface area contributed by atoms with Crippen LogP contribution in [0.25, 0.3) is 6.08 Å². The molecule has 0 heterocycles. The summed E-state index contributed by atoms with van der Waals surface area (Å²) in [5.74, 6) is -0.288. The number of hydrogen-bond donors (Lipinski definition) is 1. The topological polar surface area (TPSA) is 79.5 Å². The second-order valence-corrected chi connectivity index (χ2v) is 3.25. The molecule has 0 aliphatic rings. The van der Waals surface area contributed by atoms with Gasteiger partial charge in [0.15, 0.2) is 18.1 Å². The number of carbonyl (C=O) groups is 1. The van der Waals surface area contributed by atoms with Gasteiger partial charge in [-0.2, -0.15) is 5.26 Å². The molecule has 0 saturated carbocycles. The zero-order valence-corrected chi connectivity index (χ0v) is 9.92. The van der Waals surface area contributed by atoms with Gasteiger partial charge in [0.25, 0.3) is 0 Å². The molecule has 0 spiro atoms. The van der Waals surface area contributed by atoms with Gasteiger partial charge in [0.2, 0.25) is 0 Å². The Kier molecular flexibility index (Phi) is 5.26. The second-order valence-electron chi connectivity index (χ2n) is 3.25. The predicted octanol–water partition coefficient (Wildman–Crippen LogP) is 2.09. The highest BCUT2D eigenvalue weighted by atomic mass is 16.5. The largest absolute Gasteiger partial charge is 0.490 e. The number of rotatable bonds is 6. The number of allylic oxidation sites excluding steroid dienone is 1. The van der Waals surface area contributed by atoms with Crippen molar-refractivity contribution >= 4 is 12.0 Å². The summed E-state index contributed by atoms with van der Waals surface area (Å²) >= 11 is 0. The smallest absolute Gasteiger partial charge is 0.341 e. The molecular weight excluding hydrogens is 234 g/mol. The van der Waals surface area contributed by atoms with E-state index in [-0.39, 0.29) is 0 Å². The molecule has 0 amide bonds. The van der Waals surface area contributed by atoms with Gasteiger partial charge in [-0.25, -0.2) is 4.79 Å². The summed E-state index contributed by atoms with van der Waals surface area (Å²) in [6.45, 7) is 1.80. The van der Waals surface area contributed by atoms with Gasteiger partial charge in [0.05, 0.1) is 12.7 Å². The standard InChI is InChI=1S/C13H13NO4/c1-2-17-11-7-3-5-10(6-4-8-14)13(11)18-9-12(15)16/h3-7H,2,9H2,1H3,(H,15,16). The average Bonchev–Trinajstić information content (AvgIpc) is 2.35. The second kappa shape index (κ2) is 6.97. The molecule has 0 radical (unpaired) electrons. The van der Waals surface area contributed by atoms with Crippen LogP contribution in [0.15, 0.2) is 24.3 Å². The van der Waals surface area contributed by atoms with Crippen LogP contribution in [0.5, 0.6) is 11.5 Å². The Morgan fingerprint density at radius 1 is 1.50 bits per heavy atom. The van der Waals surface area contributed by atoms with E-state index in [0.29, 0.717) is 23.7 Å². The molecule has 5 nitrogen and oxygen atoms in total.